The summed E-state index contributed by atoms with van der Waals surface area (Å²) in [5.74, 6) is 0.697. The number of hydrogen-bond donors (Lipinski definition) is 0. The number of aromatic nitrogens is 2. The summed E-state index contributed by atoms with van der Waals surface area (Å²) in [5, 5.41) is 5.01. The first-order chi connectivity index (χ1) is 26.2. The number of thiophene rings is 1. The third-order valence-electron chi connectivity index (χ3n) is 10.1. The molecule has 2 nitrogen and oxygen atoms in total. The van der Waals surface area contributed by atoms with Gasteiger partial charge in [0.2, 0.25) is 0 Å². The Hall–Kier alpha value is -6.68. The molecular formula is C50H32N2S. The smallest absolute Gasteiger partial charge is 0.161 e. The molecule has 0 spiro atoms. The second kappa shape index (κ2) is 13.1. The third-order valence-corrected chi connectivity index (χ3v) is 11.2. The fraction of sp³-hybridized carbons (Fsp3) is 0. The number of hydrogen-bond acceptors (Lipinski definition) is 3. The van der Waals surface area contributed by atoms with Crippen molar-refractivity contribution in [1.29, 1.82) is 0 Å². The van der Waals surface area contributed by atoms with Gasteiger partial charge in [0.15, 0.2) is 5.82 Å². The zero-order chi connectivity index (χ0) is 35.1. The maximum absolute atomic E-state index is 5.41. The summed E-state index contributed by atoms with van der Waals surface area (Å²) in [5.41, 5.74) is 11.8. The van der Waals surface area contributed by atoms with Gasteiger partial charge in [-0.25, -0.2) is 9.97 Å². The van der Waals surface area contributed by atoms with Gasteiger partial charge in [0.25, 0.3) is 0 Å². The minimum atomic E-state index is 0.697. The molecule has 0 unspecified atom stereocenters. The standard InChI is InChI=1S/C50H32N2S/c1-3-14-33(15-4-1)38-29-39(42-23-13-25-48-49(42)44-22-11-12-24-47(44)53-48)31-40(30-38)46-32-45(35-17-5-2-6-18-35)51-50(52-46)43-21-10-9-20-41(43)37-27-26-34-16-7-8-19-36(34)28-37/h1-32H. The van der Waals surface area contributed by atoms with E-state index in [-0.39, 0.29) is 0 Å². The van der Waals surface area contributed by atoms with Crippen LogP contribution in [0.3, 0.4) is 0 Å². The highest BCUT2D eigenvalue weighted by Crippen LogP contribution is 2.42. The van der Waals surface area contributed by atoms with Crippen molar-refractivity contribution in [3.8, 4) is 67.3 Å². The van der Waals surface area contributed by atoms with Crippen LogP contribution in [0.15, 0.2) is 194 Å². The molecule has 0 radical (unpaired) electrons. The monoisotopic (exact) mass is 692 g/mol. The zero-order valence-electron chi connectivity index (χ0n) is 28.8. The summed E-state index contributed by atoms with van der Waals surface area (Å²) in [6, 6.07) is 69.2. The van der Waals surface area contributed by atoms with Crippen molar-refractivity contribution < 1.29 is 0 Å². The Labute approximate surface area is 312 Å². The molecule has 0 N–H and O–H groups in total. The maximum Gasteiger partial charge on any atom is 0.161 e. The number of rotatable bonds is 6. The van der Waals surface area contributed by atoms with Crippen molar-refractivity contribution in [2.75, 3.05) is 0 Å². The topological polar surface area (TPSA) is 25.8 Å². The first-order valence-electron chi connectivity index (χ1n) is 17.9. The molecule has 0 atom stereocenters. The van der Waals surface area contributed by atoms with E-state index in [4.69, 9.17) is 9.97 Å². The van der Waals surface area contributed by atoms with Gasteiger partial charge in [-0.1, -0.05) is 152 Å². The van der Waals surface area contributed by atoms with E-state index >= 15 is 0 Å². The van der Waals surface area contributed by atoms with E-state index < -0.39 is 0 Å². The van der Waals surface area contributed by atoms with Crippen LogP contribution in [0.5, 0.6) is 0 Å². The van der Waals surface area contributed by atoms with Gasteiger partial charge in [0, 0.05) is 36.9 Å². The van der Waals surface area contributed by atoms with Gasteiger partial charge in [-0.2, -0.15) is 0 Å². The van der Waals surface area contributed by atoms with Crippen LogP contribution in [0.1, 0.15) is 0 Å². The molecule has 0 aliphatic carbocycles. The van der Waals surface area contributed by atoms with Crippen molar-refractivity contribution in [2.24, 2.45) is 0 Å². The predicted octanol–water partition coefficient (Wildman–Crippen LogP) is 14.0. The molecule has 0 bridgehead atoms. The minimum Gasteiger partial charge on any atom is -0.228 e. The average molecular weight is 693 g/mol. The Balaban J connectivity index is 1.21. The molecule has 0 saturated carbocycles. The molecule has 2 heterocycles. The van der Waals surface area contributed by atoms with Crippen molar-refractivity contribution in [2.45, 2.75) is 0 Å². The molecule has 0 amide bonds. The van der Waals surface area contributed by atoms with Crippen molar-refractivity contribution in [3.63, 3.8) is 0 Å². The fourth-order valence-corrected chi connectivity index (χ4v) is 8.63. The average Bonchev–Trinajstić information content (AvgIpc) is 3.63. The first kappa shape index (κ1) is 31.1. The Morgan fingerprint density at radius 1 is 0.321 bits per heavy atom. The van der Waals surface area contributed by atoms with Crippen molar-refractivity contribution in [3.05, 3.63) is 194 Å². The van der Waals surface area contributed by atoms with Crippen LogP contribution in [-0.2, 0) is 0 Å². The molecule has 53 heavy (non-hydrogen) atoms. The second-order valence-electron chi connectivity index (χ2n) is 13.4. The second-order valence-corrected chi connectivity index (χ2v) is 14.5. The number of benzene rings is 8. The Morgan fingerprint density at radius 2 is 0.925 bits per heavy atom. The van der Waals surface area contributed by atoms with Crippen LogP contribution in [-0.4, -0.2) is 9.97 Å². The molecule has 0 saturated heterocycles. The lowest BCUT2D eigenvalue weighted by Crippen LogP contribution is -1.98. The highest BCUT2D eigenvalue weighted by Gasteiger charge is 2.18. The summed E-state index contributed by atoms with van der Waals surface area (Å²) in [4.78, 5) is 10.7. The van der Waals surface area contributed by atoms with E-state index in [1.165, 1.54) is 36.5 Å². The van der Waals surface area contributed by atoms with Crippen LogP contribution < -0.4 is 0 Å². The Bertz CT molecular complexity index is 2950. The summed E-state index contributed by atoms with van der Waals surface area (Å²) >= 11 is 1.85. The SMILES string of the molecule is c1ccc(-c2cc(-c3cc(-c4ccccc4)nc(-c4ccccc4-c4ccc5ccccc5c4)n3)cc(-c3cccc4sc5ccccc5c34)c2)cc1. The van der Waals surface area contributed by atoms with Crippen molar-refractivity contribution in [1.82, 2.24) is 9.97 Å². The van der Waals surface area contributed by atoms with Crippen molar-refractivity contribution >= 4 is 42.3 Å². The molecule has 3 heteroatoms. The van der Waals surface area contributed by atoms with E-state index in [1.54, 1.807) is 0 Å². The lowest BCUT2D eigenvalue weighted by molar-refractivity contribution is 1.18. The molecule has 10 aromatic rings. The van der Waals surface area contributed by atoms with E-state index in [2.05, 4.69) is 188 Å². The summed E-state index contributed by atoms with van der Waals surface area (Å²) < 4.78 is 2.59. The molecule has 0 fully saturated rings. The van der Waals surface area contributed by atoms with E-state index in [0.29, 0.717) is 5.82 Å². The highest BCUT2D eigenvalue weighted by molar-refractivity contribution is 7.25. The van der Waals surface area contributed by atoms with Gasteiger partial charge in [-0.05, 0) is 86.6 Å². The van der Waals surface area contributed by atoms with Gasteiger partial charge in [-0.3, -0.25) is 0 Å². The van der Waals surface area contributed by atoms with Crippen LogP contribution in [0.25, 0.3) is 98.2 Å². The van der Waals surface area contributed by atoms with E-state index in [1.807, 2.05) is 17.4 Å². The molecule has 0 aliphatic heterocycles. The summed E-state index contributed by atoms with van der Waals surface area (Å²) in [6.07, 6.45) is 0. The Morgan fingerprint density at radius 3 is 1.75 bits per heavy atom. The zero-order valence-corrected chi connectivity index (χ0v) is 29.6. The fourth-order valence-electron chi connectivity index (χ4n) is 7.50. The van der Waals surface area contributed by atoms with Gasteiger partial charge >= 0.3 is 0 Å². The number of fused-ring (bicyclic) bond motifs is 4. The summed E-state index contributed by atoms with van der Waals surface area (Å²) in [7, 11) is 0. The quantitative estimate of drug-likeness (QED) is 0.173. The molecule has 2 aromatic heterocycles. The normalized spacial score (nSPS) is 11.4. The first-order valence-corrected chi connectivity index (χ1v) is 18.7. The molecule has 10 rings (SSSR count). The lowest BCUT2D eigenvalue weighted by Gasteiger charge is -2.15. The van der Waals surface area contributed by atoms with Crippen LogP contribution in [0, 0.1) is 0 Å². The third kappa shape index (κ3) is 5.78. The van der Waals surface area contributed by atoms with Gasteiger partial charge in [0.1, 0.15) is 0 Å². The van der Waals surface area contributed by atoms with E-state index in [9.17, 15) is 0 Å². The Kier molecular flexibility index (Phi) is 7.71. The molecule has 248 valence electrons. The molecular weight excluding hydrogens is 661 g/mol. The largest absolute Gasteiger partial charge is 0.228 e. The van der Waals surface area contributed by atoms with Crippen LogP contribution >= 0.6 is 11.3 Å². The predicted molar refractivity (Wildman–Crippen MR) is 225 cm³/mol. The highest BCUT2D eigenvalue weighted by atomic mass is 32.1. The van der Waals surface area contributed by atoms with Crippen LogP contribution in [0.4, 0.5) is 0 Å². The number of nitrogens with zero attached hydrogens (tertiary/aromatic N) is 2. The van der Waals surface area contributed by atoms with E-state index in [0.717, 1.165) is 55.9 Å². The van der Waals surface area contributed by atoms with Gasteiger partial charge in [0.05, 0.1) is 11.4 Å². The summed E-state index contributed by atoms with van der Waals surface area (Å²) in [6.45, 7) is 0. The van der Waals surface area contributed by atoms with Gasteiger partial charge in [-0.15, -0.1) is 11.3 Å². The molecule has 0 aliphatic rings. The molecule has 8 aromatic carbocycles. The van der Waals surface area contributed by atoms with Gasteiger partial charge < -0.3 is 0 Å². The minimum absolute atomic E-state index is 0.697. The maximum atomic E-state index is 5.41. The van der Waals surface area contributed by atoms with Crippen LogP contribution in [0.2, 0.25) is 0 Å². The lowest BCUT2D eigenvalue weighted by atomic mass is 9.92.